The molecule has 2 rings (SSSR count). The van der Waals surface area contributed by atoms with Crippen molar-refractivity contribution < 1.29 is 14.3 Å². The molecule has 24 heavy (non-hydrogen) atoms. The Morgan fingerprint density at radius 1 is 1.04 bits per heavy atom. The molecule has 0 aliphatic rings. The van der Waals surface area contributed by atoms with Gasteiger partial charge in [0.05, 0.1) is 0 Å². The number of nitrogens with one attached hydrogen (secondary N) is 1. The summed E-state index contributed by atoms with van der Waals surface area (Å²) in [6, 6.07) is 17.5. The van der Waals surface area contributed by atoms with Crippen LogP contribution < -0.4 is 11.1 Å². The lowest BCUT2D eigenvalue weighted by Gasteiger charge is -2.16. The van der Waals surface area contributed by atoms with Gasteiger partial charge < -0.3 is 15.8 Å². The number of ether oxygens (including phenoxy) is 1. The Kier molecular flexibility index (Phi) is 6.58. The molecule has 2 aromatic carbocycles. The fourth-order valence-electron chi connectivity index (χ4n) is 2.19. The second kappa shape index (κ2) is 9.15. The Balaban J connectivity index is 1.90. The van der Waals surface area contributed by atoms with E-state index in [2.05, 4.69) is 5.32 Å². The zero-order valence-electron chi connectivity index (χ0n) is 13.2. The van der Waals surface area contributed by atoms with E-state index in [1.54, 1.807) is 6.08 Å². The molecule has 0 radical (unpaired) electrons. The molecule has 0 aliphatic heterocycles. The van der Waals surface area contributed by atoms with Gasteiger partial charge in [-0.1, -0.05) is 66.7 Å². The maximum absolute atomic E-state index is 12.2. The van der Waals surface area contributed by atoms with Crippen molar-refractivity contribution in [2.75, 3.05) is 6.61 Å². The van der Waals surface area contributed by atoms with Crippen LogP contribution in [-0.4, -0.2) is 24.6 Å². The first-order valence-corrected chi connectivity index (χ1v) is 7.63. The maximum Gasteiger partial charge on any atom is 0.329 e. The SMILES string of the molecule is NC(=O)NC(Cc1ccccc1)C(=O)OCC=Cc1ccccc1. The van der Waals surface area contributed by atoms with Gasteiger partial charge in [0.25, 0.3) is 0 Å². The van der Waals surface area contributed by atoms with Gasteiger partial charge in [0.2, 0.25) is 0 Å². The van der Waals surface area contributed by atoms with Crippen molar-refractivity contribution in [3.05, 3.63) is 77.9 Å². The van der Waals surface area contributed by atoms with Gasteiger partial charge in [-0.15, -0.1) is 0 Å². The zero-order valence-corrected chi connectivity index (χ0v) is 13.2. The molecule has 5 heteroatoms. The molecule has 5 nitrogen and oxygen atoms in total. The Bertz CT molecular complexity index is 684. The van der Waals surface area contributed by atoms with Crippen molar-refractivity contribution in [3.8, 4) is 0 Å². The highest BCUT2D eigenvalue weighted by molar-refractivity contribution is 5.83. The molecule has 0 aromatic heterocycles. The molecule has 0 saturated carbocycles. The maximum atomic E-state index is 12.2. The van der Waals surface area contributed by atoms with Crippen molar-refractivity contribution in [3.63, 3.8) is 0 Å². The number of carbonyl (C=O) groups excluding carboxylic acids is 2. The number of urea groups is 1. The van der Waals surface area contributed by atoms with Gasteiger partial charge in [0.15, 0.2) is 0 Å². The predicted octanol–water partition coefficient (Wildman–Crippen LogP) is 2.52. The molecule has 2 aromatic rings. The van der Waals surface area contributed by atoms with Crippen LogP contribution in [0.15, 0.2) is 66.7 Å². The minimum Gasteiger partial charge on any atom is -0.460 e. The zero-order chi connectivity index (χ0) is 17.2. The van der Waals surface area contributed by atoms with E-state index >= 15 is 0 Å². The van der Waals surface area contributed by atoms with Crippen LogP contribution >= 0.6 is 0 Å². The molecule has 2 amide bonds. The Labute approximate surface area is 141 Å². The minimum absolute atomic E-state index is 0.124. The first kappa shape index (κ1) is 17.3. The lowest BCUT2D eigenvalue weighted by molar-refractivity contribution is -0.144. The van der Waals surface area contributed by atoms with Gasteiger partial charge in [0.1, 0.15) is 12.6 Å². The standard InChI is InChI=1S/C19H20N2O3/c20-19(23)21-17(14-16-10-5-2-6-11-16)18(22)24-13-7-12-15-8-3-1-4-9-15/h1-12,17H,13-14H2,(H3,20,21,23). The summed E-state index contributed by atoms with van der Waals surface area (Å²) in [4.78, 5) is 23.3. The summed E-state index contributed by atoms with van der Waals surface area (Å²) < 4.78 is 5.20. The first-order valence-electron chi connectivity index (χ1n) is 7.63. The lowest BCUT2D eigenvalue weighted by Crippen LogP contribution is -2.45. The van der Waals surface area contributed by atoms with Crippen LogP contribution in [-0.2, 0) is 16.0 Å². The highest BCUT2D eigenvalue weighted by atomic mass is 16.5. The molecular weight excluding hydrogens is 304 g/mol. The van der Waals surface area contributed by atoms with E-state index in [1.165, 1.54) is 0 Å². The summed E-state index contributed by atoms with van der Waals surface area (Å²) in [6.45, 7) is 0.124. The number of hydrogen-bond acceptors (Lipinski definition) is 3. The molecule has 1 unspecified atom stereocenters. The fourth-order valence-corrected chi connectivity index (χ4v) is 2.19. The van der Waals surface area contributed by atoms with Crippen LogP contribution in [0.2, 0.25) is 0 Å². The number of benzene rings is 2. The normalized spacial score (nSPS) is 11.8. The lowest BCUT2D eigenvalue weighted by atomic mass is 10.1. The van der Waals surface area contributed by atoms with Gasteiger partial charge >= 0.3 is 12.0 Å². The Hall–Kier alpha value is -3.08. The van der Waals surface area contributed by atoms with Crippen molar-refractivity contribution in [2.24, 2.45) is 5.73 Å². The van der Waals surface area contributed by atoms with Crippen LogP contribution in [0.25, 0.3) is 6.08 Å². The van der Waals surface area contributed by atoms with Gasteiger partial charge in [-0.25, -0.2) is 9.59 Å². The monoisotopic (exact) mass is 324 g/mol. The van der Waals surface area contributed by atoms with E-state index in [-0.39, 0.29) is 6.61 Å². The highest BCUT2D eigenvalue weighted by Gasteiger charge is 2.21. The largest absolute Gasteiger partial charge is 0.460 e. The van der Waals surface area contributed by atoms with E-state index in [0.29, 0.717) is 6.42 Å². The second-order valence-electron chi connectivity index (χ2n) is 5.19. The molecule has 0 bridgehead atoms. The molecule has 1 atom stereocenters. The van der Waals surface area contributed by atoms with Crippen molar-refractivity contribution >= 4 is 18.1 Å². The van der Waals surface area contributed by atoms with Crippen molar-refractivity contribution in [1.82, 2.24) is 5.32 Å². The molecule has 0 aliphatic carbocycles. The third kappa shape index (κ3) is 5.96. The van der Waals surface area contributed by atoms with Gasteiger partial charge in [-0.05, 0) is 17.2 Å². The van der Waals surface area contributed by atoms with Crippen LogP contribution in [0.5, 0.6) is 0 Å². The molecule has 0 saturated heterocycles. The summed E-state index contributed by atoms with van der Waals surface area (Å²) in [7, 11) is 0. The van der Waals surface area contributed by atoms with Crippen LogP contribution in [0.4, 0.5) is 4.79 Å². The van der Waals surface area contributed by atoms with E-state index in [0.717, 1.165) is 11.1 Å². The van der Waals surface area contributed by atoms with E-state index in [9.17, 15) is 9.59 Å². The van der Waals surface area contributed by atoms with Crippen molar-refractivity contribution in [1.29, 1.82) is 0 Å². The number of nitrogens with two attached hydrogens (primary N) is 1. The fraction of sp³-hybridized carbons (Fsp3) is 0.158. The smallest absolute Gasteiger partial charge is 0.329 e. The number of esters is 1. The average molecular weight is 324 g/mol. The third-order valence-corrected chi connectivity index (χ3v) is 3.32. The summed E-state index contributed by atoms with van der Waals surface area (Å²) in [6.07, 6.45) is 3.93. The van der Waals surface area contributed by atoms with E-state index < -0.39 is 18.0 Å². The number of rotatable bonds is 7. The van der Waals surface area contributed by atoms with Crippen LogP contribution in [0.1, 0.15) is 11.1 Å². The third-order valence-electron chi connectivity index (χ3n) is 3.32. The Morgan fingerprint density at radius 3 is 2.29 bits per heavy atom. The predicted molar refractivity (Wildman–Crippen MR) is 93.1 cm³/mol. The number of primary amides is 1. The van der Waals surface area contributed by atoms with E-state index in [1.807, 2.05) is 66.7 Å². The molecule has 3 N–H and O–H groups in total. The molecule has 124 valence electrons. The first-order chi connectivity index (χ1) is 11.6. The van der Waals surface area contributed by atoms with Gasteiger partial charge in [0, 0.05) is 6.42 Å². The summed E-state index contributed by atoms with van der Waals surface area (Å²) in [5.41, 5.74) is 7.07. The topological polar surface area (TPSA) is 81.4 Å². The molecule has 0 spiro atoms. The number of carbonyl (C=O) groups is 2. The van der Waals surface area contributed by atoms with Crippen LogP contribution in [0.3, 0.4) is 0 Å². The Morgan fingerprint density at radius 2 is 1.67 bits per heavy atom. The summed E-state index contributed by atoms with van der Waals surface area (Å²) >= 11 is 0. The van der Waals surface area contributed by atoms with Crippen LogP contribution in [0, 0.1) is 0 Å². The highest BCUT2D eigenvalue weighted by Crippen LogP contribution is 2.05. The number of hydrogen-bond donors (Lipinski definition) is 2. The van der Waals surface area contributed by atoms with Gasteiger partial charge in [-0.3, -0.25) is 0 Å². The van der Waals surface area contributed by atoms with Crippen molar-refractivity contribution in [2.45, 2.75) is 12.5 Å². The molecule has 0 fully saturated rings. The van der Waals surface area contributed by atoms with Gasteiger partial charge in [-0.2, -0.15) is 0 Å². The quantitative estimate of drug-likeness (QED) is 0.768. The molecule has 0 heterocycles. The average Bonchev–Trinajstić information content (AvgIpc) is 2.59. The summed E-state index contributed by atoms with van der Waals surface area (Å²) in [5, 5.41) is 2.43. The number of amides is 2. The minimum atomic E-state index is -0.810. The van der Waals surface area contributed by atoms with E-state index in [4.69, 9.17) is 10.5 Å². The molecular formula is C19H20N2O3. The second-order valence-corrected chi connectivity index (χ2v) is 5.19. The summed E-state index contributed by atoms with van der Waals surface area (Å²) in [5.74, 6) is -0.518.